The zero-order valence-electron chi connectivity index (χ0n) is 21.6. The van der Waals surface area contributed by atoms with Gasteiger partial charge in [-0.15, -0.1) is 0 Å². The minimum atomic E-state index is -0.955. The van der Waals surface area contributed by atoms with Crippen LogP contribution in [-0.4, -0.2) is 64.8 Å². The Bertz CT molecular complexity index is 967. The van der Waals surface area contributed by atoms with Gasteiger partial charge in [0.2, 0.25) is 11.8 Å². The Morgan fingerprint density at radius 1 is 1.23 bits per heavy atom. The molecular weight excluding hydrogens is 470 g/mol. The summed E-state index contributed by atoms with van der Waals surface area (Å²) >= 11 is 6.03. The van der Waals surface area contributed by atoms with Crippen molar-refractivity contribution < 1.29 is 25.3 Å². The molecule has 0 aromatic heterocycles. The number of hydrogen-bond donors (Lipinski definition) is 1. The van der Waals surface area contributed by atoms with Gasteiger partial charge in [-0.05, 0) is 70.2 Å². The molecule has 1 saturated heterocycles. The highest BCUT2D eigenvalue weighted by Gasteiger charge is 2.37. The molecule has 0 bridgehead atoms. The largest absolute Gasteiger partial charge is 0.444 e. The molecule has 9 heteroatoms. The van der Waals surface area contributed by atoms with Crippen LogP contribution < -0.4 is 5.32 Å². The maximum absolute atomic E-state index is 13.4. The fraction of sp³-hybridized carbons (Fsp3) is 0.615. The molecule has 2 aliphatic rings. The van der Waals surface area contributed by atoms with Gasteiger partial charge in [0, 0.05) is 31.1 Å². The van der Waals surface area contributed by atoms with Gasteiger partial charge >= 0.3 is 6.09 Å². The third kappa shape index (κ3) is 7.43. The first kappa shape index (κ1) is 25.5. The Balaban J connectivity index is 1.68. The van der Waals surface area contributed by atoms with Crippen molar-refractivity contribution in [2.45, 2.75) is 89.9 Å². The van der Waals surface area contributed by atoms with Crippen molar-refractivity contribution in [3.8, 4) is 0 Å². The number of nitrogens with one attached hydrogen (secondary N) is 1. The first-order chi connectivity index (χ1) is 17.1. The normalized spacial score (nSPS) is 19.1. The highest BCUT2D eigenvalue weighted by atomic mass is 35.5. The van der Waals surface area contributed by atoms with E-state index in [-0.39, 0.29) is 37.8 Å². The maximum Gasteiger partial charge on any atom is 0.411 e. The second-order valence-electron chi connectivity index (χ2n) is 9.97. The first-order valence-electron chi connectivity index (χ1n) is 13.0. The standard InChI is InChI=1S/C26H36ClN3O5/c1-26(2,3)35-25(34)30(21-8-5-4-6-9-21)16-23(32)29-13-7-10-22(29)24(33)28-15-19-14-20(27)12-11-18(19)17-31/h11-12,14,17,21-22H,4-10,13,15-16H2,1-3H3,(H,28,33)/t22-/m0/s1/i1D. The van der Waals surface area contributed by atoms with E-state index in [1.807, 2.05) is 0 Å². The molecule has 0 spiro atoms. The average molecular weight is 507 g/mol. The van der Waals surface area contributed by atoms with Crippen molar-refractivity contribution in [1.82, 2.24) is 15.1 Å². The topological polar surface area (TPSA) is 96.0 Å². The van der Waals surface area contributed by atoms with Gasteiger partial charge in [-0.25, -0.2) is 4.79 Å². The number of ether oxygens (including phenoxy) is 1. The number of hydrogen-bond acceptors (Lipinski definition) is 5. The fourth-order valence-corrected chi connectivity index (χ4v) is 4.94. The number of carbonyl (C=O) groups excluding carboxylic acids is 4. The minimum absolute atomic E-state index is 0.0853. The lowest BCUT2D eigenvalue weighted by Gasteiger charge is -2.36. The molecule has 0 unspecified atom stereocenters. The quantitative estimate of drug-likeness (QED) is 0.555. The summed E-state index contributed by atoms with van der Waals surface area (Å²) in [7, 11) is 0. The Morgan fingerprint density at radius 2 is 1.97 bits per heavy atom. The van der Waals surface area contributed by atoms with E-state index in [4.69, 9.17) is 17.7 Å². The van der Waals surface area contributed by atoms with Crippen LogP contribution in [0.5, 0.6) is 0 Å². The minimum Gasteiger partial charge on any atom is -0.444 e. The lowest BCUT2D eigenvalue weighted by molar-refractivity contribution is -0.139. The zero-order valence-corrected chi connectivity index (χ0v) is 21.3. The highest BCUT2D eigenvalue weighted by molar-refractivity contribution is 6.30. The van der Waals surface area contributed by atoms with Crippen molar-refractivity contribution >= 4 is 35.8 Å². The maximum atomic E-state index is 13.4. The third-order valence-electron chi connectivity index (χ3n) is 6.48. The highest BCUT2D eigenvalue weighted by Crippen LogP contribution is 2.26. The number of aldehydes is 1. The van der Waals surface area contributed by atoms with Gasteiger partial charge in [0.15, 0.2) is 0 Å². The lowest BCUT2D eigenvalue weighted by atomic mass is 9.94. The van der Waals surface area contributed by atoms with E-state index in [1.54, 1.807) is 32.0 Å². The van der Waals surface area contributed by atoms with E-state index in [2.05, 4.69) is 5.32 Å². The molecule has 3 amide bonds. The molecule has 1 aromatic rings. The number of rotatable bonds is 7. The molecule has 1 aliphatic heterocycles. The Hall–Kier alpha value is -2.61. The van der Waals surface area contributed by atoms with Crippen molar-refractivity contribution in [3.05, 3.63) is 34.3 Å². The lowest BCUT2D eigenvalue weighted by Crippen LogP contribution is -2.52. The second-order valence-corrected chi connectivity index (χ2v) is 10.4. The average Bonchev–Trinajstić information content (AvgIpc) is 3.36. The zero-order chi connectivity index (χ0) is 26.3. The Morgan fingerprint density at radius 3 is 2.66 bits per heavy atom. The number of likely N-dealkylation sites (tertiary alicyclic amines) is 1. The van der Waals surface area contributed by atoms with Crippen molar-refractivity contribution in [2.75, 3.05) is 13.1 Å². The van der Waals surface area contributed by atoms with Gasteiger partial charge in [0.05, 0.1) is 0 Å². The number of amides is 3. The molecule has 1 saturated carbocycles. The Kier molecular flexibility index (Phi) is 8.65. The summed E-state index contributed by atoms with van der Waals surface area (Å²) in [6, 6.07) is 4.10. The SMILES string of the molecule is [2H]CC(C)(C)OC(=O)N(CC(=O)N1CCC[C@H]1C(=O)NCc1cc(Cl)ccc1C=O)C1CCCCC1. The predicted molar refractivity (Wildman–Crippen MR) is 133 cm³/mol. The van der Waals surface area contributed by atoms with Gasteiger partial charge in [0.1, 0.15) is 24.5 Å². The summed E-state index contributed by atoms with van der Waals surface area (Å²) in [5.41, 5.74) is 0.0883. The van der Waals surface area contributed by atoms with Gasteiger partial charge in [-0.1, -0.05) is 30.9 Å². The number of nitrogens with zero attached hydrogens (tertiary/aromatic N) is 2. The smallest absolute Gasteiger partial charge is 0.411 e. The fourth-order valence-electron chi connectivity index (χ4n) is 4.75. The summed E-state index contributed by atoms with van der Waals surface area (Å²) in [5, 5.41) is 3.29. The molecule has 1 aromatic carbocycles. The summed E-state index contributed by atoms with van der Waals surface area (Å²) < 4.78 is 13.2. The molecule has 2 fully saturated rings. The van der Waals surface area contributed by atoms with Crippen LogP contribution in [0.2, 0.25) is 5.02 Å². The molecule has 3 rings (SSSR count). The molecule has 0 radical (unpaired) electrons. The van der Waals surface area contributed by atoms with E-state index in [9.17, 15) is 19.2 Å². The van der Waals surface area contributed by atoms with E-state index in [1.165, 1.54) is 9.80 Å². The molecule has 8 nitrogen and oxygen atoms in total. The first-order valence-corrected chi connectivity index (χ1v) is 12.6. The summed E-state index contributed by atoms with van der Waals surface area (Å²) in [5.74, 6) is -0.602. The number of benzene rings is 1. The van der Waals surface area contributed by atoms with Crippen LogP contribution in [0.3, 0.4) is 0 Å². The van der Waals surface area contributed by atoms with Crippen LogP contribution in [0, 0.1) is 0 Å². The van der Waals surface area contributed by atoms with Gasteiger partial charge in [-0.3, -0.25) is 19.3 Å². The molecule has 1 aliphatic carbocycles. The molecular formula is C26H36ClN3O5. The van der Waals surface area contributed by atoms with Gasteiger partial charge < -0.3 is 15.0 Å². The summed E-state index contributed by atoms with van der Waals surface area (Å²) in [4.78, 5) is 53.8. The van der Waals surface area contributed by atoms with Crippen LogP contribution in [0.25, 0.3) is 0 Å². The summed E-state index contributed by atoms with van der Waals surface area (Å²) in [6.07, 6.45) is 5.97. The van der Waals surface area contributed by atoms with Crippen LogP contribution in [0.15, 0.2) is 18.2 Å². The molecule has 35 heavy (non-hydrogen) atoms. The van der Waals surface area contributed by atoms with Crippen LogP contribution in [-0.2, 0) is 20.9 Å². The molecule has 1 heterocycles. The van der Waals surface area contributed by atoms with Crippen molar-refractivity contribution in [1.29, 1.82) is 0 Å². The molecule has 192 valence electrons. The van der Waals surface area contributed by atoms with Gasteiger partial charge in [-0.2, -0.15) is 0 Å². The van der Waals surface area contributed by atoms with E-state index >= 15 is 0 Å². The summed E-state index contributed by atoms with van der Waals surface area (Å²) in [6.45, 7) is 3.65. The third-order valence-corrected chi connectivity index (χ3v) is 6.72. The monoisotopic (exact) mass is 506 g/mol. The Labute approximate surface area is 213 Å². The van der Waals surface area contributed by atoms with Crippen LogP contribution in [0.4, 0.5) is 4.79 Å². The predicted octanol–water partition coefficient (Wildman–Crippen LogP) is 4.33. The van der Waals surface area contributed by atoms with Crippen LogP contribution >= 0.6 is 11.6 Å². The van der Waals surface area contributed by atoms with Crippen molar-refractivity contribution in [3.63, 3.8) is 0 Å². The van der Waals surface area contributed by atoms with Crippen LogP contribution in [0.1, 0.15) is 83.0 Å². The van der Waals surface area contributed by atoms with Gasteiger partial charge in [0.25, 0.3) is 0 Å². The van der Waals surface area contributed by atoms with E-state index in [0.717, 1.165) is 32.1 Å². The molecule has 1 atom stereocenters. The van der Waals surface area contributed by atoms with E-state index < -0.39 is 17.7 Å². The van der Waals surface area contributed by atoms with E-state index in [0.29, 0.717) is 41.8 Å². The molecule has 1 N–H and O–H groups in total. The van der Waals surface area contributed by atoms with Crippen molar-refractivity contribution in [2.24, 2.45) is 0 Å². The number of carbonyl (C=O) groups is 4. The number of halogens is 1. The second kappa shape index (κ2) is 11.9.